The van der Waals surface area contributed by atoms with E-state index >= 15 is 0 Å². The van der Waals surface area contributed by atoms with Crippen molar-refractivity contribution in [1.29, 1.82) is 0 Å². The Bertz CT molecular complexity index is 502. The molecule has 2 aromatic rings. The number of aromatic nitrogens is 2. The minimum absolute atomic E-state index is 0.767. The summed E-state index contributed by atoms with van der Waals surface area (Å²) in [5.41, 5.74) is 3.68. The van der Waals surface area contributed by atoms with Crippen LogP contribution in [0.1, 0.15) is 23.7 Å². The third kappa shape index (κ3) is 3.12. The number of nitrogens with zero attached hydrogens (tertiary/aromatic N) is 2. The van der Waals surface area contributed by atoms with E-state index in [1.807, 2.05) is 35.1 Å². The van der Waals surface area contributed by atoms with E-state index in [4.69, 9.17) is 11.6 Å². The maximum absolute atomic E-state index is 5.88. The van der Waals surface area contributed by atoms with E-state index in [2.05, 4.69) is 24.3 Å². The highest BCUT2D eigenvalue weighted by atomic mass is 35.5. The highest BCUT2D eigenvalue weighted by Gasteiger charge is 2.06. The number of hydrogen-bond donors (Lipinski definition) is 1. The number of benzene rings is 1. The smallest absolute Gasteiger partial charge is 0.0662 e. The molecule has 0 spiro atoms. The van der Waals surface area contributed by atoms with Gasteiger partial charge in [0.1, 0.15) is 0 Å². The third-order valence-electron chi connectivity index (χ3n) is 3.02. The number of nitrogens with one attached hydrogen (secondary N) is 1. The predicted molar refractivity (Wildman–Crippen MR) is 74.9 cm³/mol. The fourth-order valence-electron chi connectivity index (χ4n) is 1.84. The van der Waals surface area contributed by atoms with Crippen LogP contribution in [-0.2, 0) is 13.1 Å². The molecule has 18 heavy (non-hydrogen) atoms. The van der Waals surface area contributed by atoms with Crippen molar-refractivity contribution >= 4 is 11.6 Å². The van der Waals surface area contributed by atoms with Crippen molar-refractivity contribution < 1.29 is 0 Å². The van der Waals surface area contributed by atoms with Crippen molar-refractivity contribution in [2.45, 2.75) is 26.9 Å². The maximum atomic E-state index is 5.88. The highest BCUT2D eigenvalue weighted by Crippen LogP contribution is 2.13. The Labute approximate surface area is 113 Å². The molecule has 0 aliphatic carbocycles. The minimum atomic E-state index is 0.767. The summed E-state index contributed by atoms with van der Waals surface area (Å²) in [5, 5.41) is 8.52. The summed E-state index contributed by atoms with van der Waals surface area (Å²) in [7, 11) is 0. The van der Waals surface area contributed by atoms with Crippen LogP contribution in [0.5, 0.6) is 0 Å². The van der Waals surface area contributed by atoms with Crippen LogP contribution >= 0.6 is 11.6 Å². The van der Waals surface area contributed by atoms with Crippen molar-refractivity contribution in [2.24, 2.45) is 0 Å². The second-order valence-electron chi connectivity index (χ2n) is 4.32. The van der Waals surface area contributed by atoms with Gasteiger partial charge < -0.3 is 5.32 Å². The van der Waals surface area contributed by atoms with Gasteiger partial charge in [-0.25, -0.2) is 0 Å². The van der Waals surface area contributed by atoms with Crippen LogP contribution < -0.4 is 5.32 Å². The van der Waals surface area contributed by atoms with Gasteiger partial charge in [-0.2, -0.15) is 5.10 Å². The fraction of sp³-hybridized carbons (Fsp3) is 0.357. The Morgan fingerprint density at radius 3 is 2.67 bits per heavy atom. The van der Waals surface area contributed by atoms with Gasteiger partial charge in [-0.05, 0) is 31.2 Å². The van der Waals surface area contributed by atoms with Gasteiger partial charge in [0.25, 0.3) is 0 Å². The van der Waals surface area contributed by atoms with Crippen LogP contribution in [0.15, 0.2) is 30.5 Å². The number of halogens is 1. The van der Waals surface area contributed by atoms with Crippen LogP contribution in [0.2, 0.25) is 5.02 Å². The van der Waals surface area contributed by atoms with Gasteiger partial charge >= 0.3 is 0 Å². The molecule has 1 aromatic carbocycles. The Hall–Kier alpha value is -1.32. The summed E-state index contributed by atoms with van der Waals surface area (Å²) >= 11 is 5.88. The van der Waals surface area contributed by atoms with Crippen LogP contribution in [0.3, 0.4) is 0 Å². The molecule has 0 saturated carbocycles. The molecule has 2 rings (SSSR count). The molecule has 0 aliphatic rings. The molecule has 0 aliphatic heterocycles. The third-order valence-corrected chi connectivity index (χ3v) is 3.27. The second-order valence-corrected chi connectivity index (χ2v) is 4.76. The second kappa shape index (κ2) is 6.03. The summed E-state index contributed by atoms with van der Waals surface area (Å²) < 4.78 is 2.02. The molecule has 1 aromatic heterocycles. The monoisotopic (exact) mass is 263 g/mol. The average Bonchev–Trinajstić information content (AvgIpc) is 2.71. The lowest BCUT2D eigenvalue weighted by Crippen LogP contribution is -2.12. The van der Waals surface area contributed by atoms with E-state index in [0.717, 1.165) is 24.7 Å². The van der Waals surface area contributed by atoms with Gasteiger partial charge in [0, 0.05) is 22.8 Å². The molecule has 96 valence electrons. The van der Waals surface area contributed by atoms with E-state index in [1.54, 1.807) is 0 Å². The highest BCUT2D eigenvalue weighted by molar-refractivity contribution is 6.30. The molecule has 0 bridgehead atoms. The molecule has 0 saturated heterocycles. The van der Waals surface area contributed by atoms with Crippen LogP contribution in [0.4, 0.5) is 0 Å². The lowest BCUT2D eigenvalue weighted by atomic mass is 10.2. The van der Waals surface area contributed by atoms with Crippen LogP contribution in [0, 0.1) is 6.92 Å². The first kappa shape index (κ1) is 13.1. The maximum Gasteiger partial charge on any atom is 0.0662 e. The molecule has 0 amide bonds. The van der Waals surface area contributed by atoms with Gasteiger partial charge in [0.2, 0.25) is 0 Å². The SMILES string of the molecule is CCNCc1cnn(Cc2ccc(Cl)cc2)c1C. The van der Waals surface area contributed by atoms with Gasteiger partial charge in [-0.15, -0.1) is 0 Å². The summed E-state index contributed by atoms with van der Waals surface area (Å²) in [6, 6.07) is 7.89. The molecule has 1 heterocycles. The largest absolute Gasteiger partial charge is 0.313 e. The standard InChI is InChI=1S/C14H18ClN3/c1-3-16-8-13-9-17-18(11(13)2)10-12-4-6-14(15)7-5-12/h4-7,9,16H,3,8,10H2,1-2H3. The van der Waals surface area contributed by atoms with E-state index < -0.39 is 0 Å². The summed E-state index contributed by atoms with van der Waals surface area (Å²) in [6.07, 6.45) is 1.94. The van der Waals surface area contributed by atoms with E-state index in [9.17, 15) is 0 Å². The Balaban J connectivity index is 2.09. The predicted octanol–water partition coefficient (Wildman–Crippen LogP) is 3.00. The van der Waals surface area contributed by atoms with Crippen LogP contribution in [0.25, 0.3) is 0 Å². The minimum Gasteiger partial charge on any atom is -0.313 e. The molecule has 1 N–H and O–H groups in total. The summed E-state index contributed by atoms with van der Waals surface area (Å²) in [6.45, 7) is 6.85. The zero-order chi connectivity index (χ0) is 13.0. The Kier molecular flexibility index (Phi) is 4.39. The molecule has 0 unspecified atom stereocenters. The van der Waals surface area contributed by atoms with Gasteiger partial charge in [-0.3, -0.25) is 4.68 Å². The molecule has 0 radical (unpaired) electrons. The first-order valence-corrected chi connectivity index (χ1v) is 6.55. The van der Waals surface area contributed by atoms with Gasteiger partial charge in [-0.1, -0.05) is 30.7 Å². The summed E-state index contributed by atoms with van der Waals surface area (Å²) in [4.78, 5) is 0. The van der Waals surface area contributed by atoms with Crippen LogP contribution in [-0.4, -0.2) is 16.3 Å². The van der Waals surface area contributed by atoms with Crippen molar-refractivity contribution in [3.05, 3.63) is 52.3 Å². The average molecular weight is 264 g/mol. The van der Waals surface area contributed by atoms with Crippen molar-refractivity contribution in [2.75, 3.05) is 6.54 Å². The van der Waals surface area contributed by atoms with Gasteiger partial charge in [0.15, 0.2) is 0 Å². The van der Waals surface area contributed by atoms with E-state index in [1.165, 1.54) is 16.8 Å². The lowest BCUT2D eigenvalue weighted by molar-refractivity contribution is 0.659. The van der Waals surface area contributed by atoms with E-state index in [-0.39, 0.29) is 0 Å². The van der Waals surface area contributed by atoms with Crippen molar-refractivity contribution in [3.63, 3.8) is 0 Å². The first-order valence-electron chi connectivity index (χ1n) is 6.17. The number of rotatable bonds is 5. The zero-order valence-corrected chi connectivity index (χ0v) is 11.5. The first-order chi connectivity index (χ1) is 8.70. The molecule has 0 fully saturated rings. The van der Waals surface area contributed by atoms with E-state index in [0.29, 0.717) is 0 Å². The fourth-order valence-corrected chi connectivity index (χ4v) is 1.97. The Morgan fingerprint density at radius 1 is 1.28 bits per heavy atom. The molecule has 0 atom stereocenters. The quantitative estimate of drug-likeness (QED) is 0.899. The lowest BCUT2D eigenvalue weighted by Gasteiger charge is -2.06. The zero-order valence-electron chi connectivity index (χ0n) is 10.8. The molecule has 3 nitrogen and oxygen atoms in total. The molecular weight excluding hydrogens is 246 g/mol. The topological polar surface area (TPSA) is 29.9 Å². The number of hydrogen-bond acceptors (Lipinski definition) is 2. The normalized spacial score (nSPS) is 10.8. The van der Waals surface area contributed by atoms with Crippen molar-refractivity contribution in [1.82, 2.24) is 15.1 Å². The Morgan fingerprint density at radius 2 is 2.00 bits per heavy atom. The molecular formula is C14H18ClN3. The summed E-state index contributed by atoms with van der Waals surface area (Å²) in [5.74, 6) is 0. The van der Waals surface area contributed by atoms with Gasteiger partial charge in [0.05, 0.1) is 12.7 Å². The van der Waals surface area contributed by atoms with Crippen molar-refractivity contribution in [3.8, 4) is 0 Å². The molecule has 4 heteroatoms.